The summed E-state index contributed by atoms with van der Waals surface area (Å²) in [5.41, 5.74) is 8.71. The van der Waals surface area contributed by atoms with Crippen LogP contribution in [0.5, 0.6) is 0 Å². The second-order valence-corrected chi connectivity index (χ2v) is 6.39. The third kappa shape index (κ3) is 4.04. The molecule has 0 saturated carbocycles. The number of pyridine rings is 1. The molecule has 0 aliphatic carbocycles. The van der Waals surface area contributed by atoms with Gasteiger partial charge in [0.15, 0.2) is 5.82 Å². The Bertz CT molecular complexity index is 888. The number of rotatable bonds is 8. The first-order valence-electron chi connectivity index (χ1n) is 9.21. The molecule has 0 spiro atoms. The number of unbranched alkanes of at least 4 members (excludes halogenated alkanes) is 2. The highest BCUT2D eigenvalue weighted by molar-refractivity contribution is 6.06. The Morgan fingerprint density at radius 3 is 2.73 bits per heavy atom. The second kappa shape index (κ2) is 8.51. The molecule has 2 aromatic heterocycles. The number of anilines is 1. The van der Waals surface area contributed by atoms with Crippen LogP contribution in [0, 0.1) is 0 Å². The van der Waals surface area contributed by atoms with Crippen LogP contribution in [0.4, 0.5) is 10.6 Å². The van der Waals surface area contributed by atoms with Gasteiger partial charge < -0.3 is 20.9 Å². The van der Waals surface area contributed by atoms with Crippen LogP contribution in [-0.4, -0.2) is 33.7 Å². The van der Waals surface area contributed by atoms with Crippen molar-refractivity contribution in [3.8, 4) is 0 Å². The smallest absolute Gasteiger partial charge is 0.314 e. The lowest BCUT2D eigenvalue weighted by atomic mass is 10.2. The van der Waals surface area contributed by atoms with Crippen molar-refractivity contribution in [1.29, 1.82) is 0 Å². The standard InChI is InChI=1S/C19H26N6O/c1-2-3-10-21-19(26)22-11-6-7-12-25-13-23-16-17(25)14-8-4-5-9-15(14)24-18(16)20/h4-5,8-9,13H,2-3,6-7,10-12H2,1H3,(H2,20,24)(H2,21,22,26). The van der Waals surface area contributed by atoms with Gasteiger partial charge in [0, 0.05) is 25.0 Å². The molecule has 0 fully saturated rings. The van der Waals surface area contributed by atoms with Crippen LogP contribution in [0.1, 0.15) is 32.6 Å². The van der Waals surface area contributed by atoms with Gasteiger partial charge in [0.05, 0.1) is 17.4 Å². The van der Waals surface area contributed by atoms with Crippen LogP contribution < -0.4 is 16.4 Å². The molecule has 0 atom stereocenters. The van der Waals surface area contributed by atoms with Crippen LogP contribution in [0.3, 0.4) is 0 Å². The molecule has 0 radical (unpaired) electrons. The van der Waals surface area contributed by atoms with Crippen molar-refractivity contribution in [2.24, 2.45) is 0 Å². The Morgan fingerprint density at radius 1 is 1.15 bits per heavy atom. The van der Waals surface area contributed by atoms with Crippen LogP contribution in [0.25, 0.3) is 21.9 Å². The van der Waals surface area contributed by atoms with Crippen LogP contribution >= 0.6 is 0 Å². The van der Waals surface area contributed by atoms with Crippen molar-refractivity contribution in [3.63, 3.8) is 0 Å². The fourth-order valence-corrected chi connectivity index (χ4v) is 3.03. The van der Waals surface area contributed by atoms with E-state index < -0.39 is 0 Å². The highest BCUT2D eigenvalue weighted by Gasteiger charge is 2.11. The fraction of sp³-hybridized carbons (Fsp3) is 0.421. The molecule has 2 amide bonds. The van der Waals surface area contributed by atoms with Gasteiger partial charge in [0.25, 0.3) is 0 Å². The van der Waals surface area contributed by atoms with E-state index in [1.54, 1.807) is 0 Å². The minimum absolute atomic E-state index is 0.0867. The zero-order chi connectivity index (χ0) is 18.4. The number of nitrogens with one attached hydrogen (secondary N) is 2. The van der Waals surface area contributed by atoms with Crippen molar-refractivity contribution < 1.29 is 4.79 Å². The summed E-state index contributed by atoms with van der Waals surface area (Å²) < 4.78 is 2.12. The highest BCUT2D eigenvalue weighted by atomic mass is 16.2. The molecular weight excluding hydrogens is 328 g/mol. The maximum absolute atomic E-state index is 11.6. The second-order valence-electron chi connectivity index (χ2n) is 6.39. The third-order valence-electron chi connectivity index (χ3n) is 4.41. The van der Waals surface area contributed by atoms with Gasteiger partial charge in [-0.05, 0) is 25.3 Å². The Hall–Kier alpha value is -2.83. The van der Waals surface area contributed by atoms with Gasteiger partial charge in [0.1, 0.15) is 5.52 Å². The van der Waals surface area contributed by atoms with Crippen molar-refractivity contribution in [3.05, 3.63) is 30.6 Å². The van der Waals surface area contributed by atoms with Gasteiger partial charge in [-0.15, -0.1) is 0 Å². The van der Waals surface area contributed by atoms with E-state index in [0.717, 1.165) is 60.7 Å². The average Bonchev–Trinajstić information content (AvgIpc) is 3.07. The minimum atomic E-state index is -0.0867. The van der Waals surface area contributed by atoms with Crippen molar-refractivity contribution in [2.45, 2.75) is 39.2 Å². The summed E-state index contributed by atoms with van der Waals surface area (Å²) >= 11 is 0. The van der Waals surface area contributed by atoms with Crippen molar-refractivity contribution in [1.82, 2.24) is 25.2 Å². The number of para-hydroxylation sites is 1. The van der Waals surface area contributed by atoms with E-state index >= 15 is 0 Å². The number of fused-ring (bicyclic) bond motifs is 3. The SMILES string of the molecule is CCCCNC(=O)NCCCCn1cnc2c(N)nc3ccccc3c21. The van der Waals surface area contributed by atoms with Crippen LogP contribution in [-0.2, 0) is 6.54 Å². The molecular formula is C19H26N6O. The molecule has 26 heavy (non-hydrogen) atoms. The summed E-state index contributed by atoms with van der Waals surface area (Å²) in [7, 11) is 0. The number of carbonyl (C=O) groups is 1. The first-order valence-corrected chi connectivity index (χ1v) is 9.21. The molecule has 0 unspecified atom stereocenters. The number of hydrogen-bond donors (Lipinski definition) is 3. The van der Waals surface area contributed by atoms with Gasteiger partial charge in [-0.2, -0.15) is 0 Å². The number of hydrogen-bond acceptors (Lipinski definition) is 4. The van der Waals surface area contributed by atoms with E-state index in [1.807, 2.05) is 30.6 Å². The molecule has 0 aliphatic rings. The van der Waals surface area contributed by atoms with E-state index in [0.29, 0.717) is 12.4 Å². The average molecular weight is 354 g/mol. The maximum atomic E-state index is 11.6. The first-order chi connectivity index (χ1) is 12.7. The van der Waals surface area contributed by atoms with Gasteiger partial charge >= 0.3 is 6.03 Å². The van der Waals surface area contributed by atoms with Gasteiger partial charge in [0.2, 0.25) is 0 Å². The van der Waals surface area contributed by atoms with Crippen LogP contribution in [0.15, 0.2) is 30.6 Å². The number of aryl methyl sites for hydroxylation is 1. The van der Waals surface area contributed by atoms with E-state index in [-0.39, 0.29) is 6.03 Å². The quantitative estimate of drug-likeness (QED) is 0.542. The van der Waals surface area contributed by atoms with Gasteiger partial charge in [-0.25, -0.2) is 14.8 Å². The maximum Gasteiger partial charge on any atom is 0.314 e. The lowest BCUT2D eigenvalue weighted by Gasteiger charge is -2.09. The van der Waals surface area contributed by atoms with E-state index in [1.165, 1.54) is 0 Å². The summed E-state index contributed by atoms with van der Waals surface area (Å²) in [6, 6.07) is 7.88. The number of aromatic nitrogens is 3. The fourth-order valence-electron chi connectivity index (χ4n) is 3.03. The molecule has 1 aromatic carbocycles. The van der Waals surface area contributed by atoms with Gasteiger partial charge in [-0.1, -0.05) is 31.5 Å². The Labute approximate surface area is 153 Å². The minimum Gasteiger partial charge on any atom is -0.382 e. The molecule has 2 heterocycles. The molecule has 7 heteroatoms. The van der Waals surface area contributed by atoms with Crippen molar-refractivity contribution >= 4 is 33.8 Å². The molecule has 3 aromatic rings. The Balaban J connectivity index is 1.57. The van der Waals surface area contributed by atoms with E-state index in [2.05, 4.69) is 32.1 Å². The molecule has 0 saturated heterocycles. The molecule has 0 aliphatic heterocycles. The first kappa shape index (κ1) is 18.0. The summed E-state index contributed by atoms with van der Waals surface area (Å²) in [6.07, 6.45) is 5.75. The topological polar surface area (TPSA) is 97.9 Å². The number of benzene rings is 1. The number of nitrogen functional groups attached to an aromatic ring is 1. The Kier molecular flexibility index (Phi) is 5.88. The van der Waals surface area contributed by atoms with Gasteiger partial charge in [-0.3, -0.25) is 0 Å². The number of carbonyl (C=O) groups excluding carboxylic acids is 1. The predicted octanol–water partition coefficient (Wildman–Crippen LogP) is 3.05. The monoisotopic (exact) mass is 354 g/mol. The molecule has 7 nitrogen and oxygen atoms in total. The predicted molar refractivity (Wildman–Crippen MR) is 105 cm³/mol. The summed E-state index contributed by atoms with van der Waals surface area (Å²) in [6.45, 7) is 4.32. The number of nitrogens with zero attached hydrogens (tertiary/aromatic N) is 3. The van der Waals surface area contributed by atoms with Crippen molar-refractivity contribution in [2.75, 3.05) is 18.8 Å². The van der Waals surface area contributed by atoms with E-state index in [4.69, 9.17) is 5.73 Å². The third-order valence-corrected chi connectivity index (χ3v) is 4.41. The zero-order valence-electron chi connectivity index (χ0n) is 15.2. The number of imidazole rings is 1. The number of amides is 2. The Morgan fingerprint density at radius 2 is 1.92 bits per heavy atom. The normalized spacial score (nSPS) is 11.1. The van der Waals surface area contributed by atoms with Crippen LogP contribution in [0.2, 0.25) is 0 Å². The molecule has 4 N–H and O–H groups in total. The lowest BCUT2D eigenvalue weighted by molar-refractivity contribution is 0.240. The molecule has 3 rings (SSSR count). The highest BCUT2D eigenvalue weighted by Crippen LogP contribution is 2.27. The number of nitrogens with two attached hydrogens (primary N) is 1. The number of urea groups is 1. The zero-order valence-corrected chi connectivity index (χ0v) is 15.2. The molecule has 0 bridgehead atoms. The summed E-state index contributed by atoms with van der Waals surface area (Å²) in [5.74, 6) is 0.461. The lowest BCUT2D eigenvalue weighted by Crippen LogP contribution is -2.36. The summed E-state index contributed by atoms with van der Waals surface area (Å²) in [5, 5.41) is 6.80. The summed E-state index contributed by atoms with van der Waals surface area (Å²) in [4.78, 5) is 20.5. The van der Waals surface area contributed by atoms with E-state index in [9.17, 15) is 4.79 Å². The molecule has 138 valence electrons. The largest absolute Gasteiger partial charge is 0.382 e.